The molecule has 1 aromatic heterocycles. The third kappa shape index (κ3) is 5.28. The van der Waals surface area contributed by atoms with Crippen LogP contribution in [0.15, 0.2) is 45.2 Å². The van der Waals surface area contributed by atoms with Gasteiger partial charge in [0.15, 0.2) is 0 Å². The first-order valence-electron chi connectivity index (χ1n) is 9.95. The van der Waals surface area contributed by atoms with Crippen molar-refractivity contribution >= 4 is 53.0 Å². The second kappa shape index (κ2) is 10.1. The molecule has 4 rings (SSSR count). The summed E-state index contributed by atoms with van der Waals surface area (Å²) in [5.41, 5.74) is 1.56. The van der Waals surface area contributed by atoms with Crippen LogP contribution in [0.1, 0.15) is 11.5 Å². The van der Waals surface area contributed by atoms with Gasteiger partial charge < -0.3 is 20.2 Å². The van der Waals surface area contributed by atoms with Crippen molar-refractivity contribution < 1.29 is 23.9 Å². The second-order valence-electron chi connectivity index (χ2n) is 7.30. The highest BCUT2D eigenvalue weighted by Crippen LogP contribution is 2.41. The van der Waals surface area contributed by atoms with E-state index in [2.05, 4.69) is 20.8 Å². The van der Waals surface area contributed by atoms with E-state index < -0.39 is 29.3 Å². The average molecular weight is 510 g/mol. The lowest BCUT2D eigenvalue weighted by Gasteiger charge is -2.49. The average Bonchev–Trinajstić information content (AvgIpc) is 3.21. The fourth-order valence-electron chi connectivity index (χ4n) is 3.44. The van der Waals surface area contributed by atoms with Gasteiger partial charge in [-0.05, 0) is 29.7 Å². The van der Waals surface area contributed by atoms with Crippen molar-refractivity contribution in [3.63, 3.8) is 0 Å². The molecular formula is C20H20ClN5O5S2. The van der Waals surface area contributed by atoms with Gasteiger partial charge in [-0.2, -0.15) is 0 Å². The number of carboxylic acid groups (broad SMARTS) is 1. The molecule has 3 heterocycles. The Morgan fingerprint density at radius 3 is 2.76 bits per heavy atom. The summed E-state index contributed by atoms with van der Waals surface area (Å²) in [6, 6.07) is 6.06. The van der Waals surface area contributed by atoms with Crippen molar-refractivity contribution in [3.8, 4) is 0 Å². The number of carbonyl (C=O) groups excluding carboxylic acids is 2. The predicted molar refractivity (Wildman–Crippen MR) is 123 cm³/mol. The van der Waals surface area contributed by atoms with Gasteiger partial charge in [-0.1, -0.05) is 35.5 Å². The Hall–Kier alpha value is -2.70. The van der Waals surface area contributed by atoms with Crippen molar-refractivity contribution in [1.29, 1.82) is 0 Å². The van der Waals surface area contributed by atoms with Gasteiger partial charge in [-0.15, -0.1) is 22.0 Å². The van der Waals surface area contributed by atoms with E-state index in [1.807, 2.05) is 12.1 Å². The number of aromatic nitrogens is 2. The SMILES string of the molecule is Cc1nnc(SCC2=C(C(=O)O)N3C(=O)C(NC(=O)NCCc4ccc(Cl)cc4)[C@@H]3SC2)o1. The number of fused-ring (bicyclic) bond motifs is 1. The molecule has 0 bridgehead atoms. The van der Waals surface area contributed by atoms with Crippen molar-refractivity contribution in [1.82, 2.24) is 25.7 Å². The van der Waals surface area contributed by atoms with Crippen molar-refractivity contribution in [3.05, 3.63) is 52.0 Å². The van der Waals surface area contributed by atoms with Crippen LogP contribution < -0.4 is 10.6 Å². The normalized spacial score (nSPS) is 19.7. The summed E-state index contributed by atoms with van der Waals surface area (Å²) in [6.45, 7) is 2.05. The maximum absolute atomic E-state index is 12.7. The Labute approximate surface area is 202 Å². The molecule has 3 N–H and O–H groups in total. The van der Waals surface area contributed by atoms with Gasteiger partial charge in [0, 0.05) is 30.0 Å². The Bertz CT molecular complexity index is 1110. The van der Waals surface area contributed by atoms with Gasteiger partial charge in [0.2, 0.25) is 5.89 Å². The first-order valence-corrected chi connectivity index (χ1v) is 12.4. The summed E-state index contributed by atoms with van der Waals surface area (Å²) < 4.78 is 5.30. The molecule has 2 atom stereocenters. The predicted octanol–water partition coefficient (Wildman–Crippen LogP) is 2.29. The molecule has 2 aliphatic heterocycles. The number of benzene rings is 1. The smallest absolute Gasteiger partial charge is 0.352 e. The molecule has 13 heteroatoms. The number of urea groups is 1. The largest absolute Gasteiger partial charge is 0.477 e. The molecule has 2 aromatic rings. The quantitative estimate of drug-likeness (QED) is 0.361. The van der Waals surface area contributed by atoms with E-state index in [0.29, 0.717) is 46.2 Å². The molecule has 1 saturated heterocycles. The molecule has 174 valence electrons. The molecule has 1 aromatic carbocycles. The van der Waals surface area contributed by atoms with Gasteiger partial charge in [0.05, 0.1) is 0 Å². The number of hydrogen-bond acceptors (Lipinski definition) is 8. The lowest BCUT2D eigenvalue weighted by Crippen LogP contribution is -2.71. The summed E-state index contributed by atoms with van der Waals surface area (Å²) in [5.74, 6) is -0.505. The number of rotatable bonds is 8. The van der Waals surface area contributed by atoms with Crippen LogP contribution in [0.4, 0.5) is 4.79 Å². The molecule has 1 fully saturated rings. The van der Waals surface area contributed by atoms with Gasteiger partial charge in [-0.25, -0.2) is 9.59 Å². The first kappa shape index (κ1) is 23.5. The number of aliphatic carboxylic acids is 1. The van der Waals surface area contributed by atoms with Crippen LogP contribution in [0.25, 0.3) is 0 Å². The highest BCUT2D eigenvalue weighted by Gasteiger charge is 2.54. The first-order chi connectivity index (χ1) is 15.8. The Balaban J connectivity index is 1.32. The standard InChI is InChI=1S/C20H20ClN5O5S2/c1-10-24-25-20(31-10)33-9-12-8-32-17-14(16(27)26(17)15(12)18(28)29)23-19(30)22-7-6-11-2-4-13(21)5-3-11/h2-5,14,17H,6-9H2,1H3,(H,28,29)(H2,22,23,30)/t14?,17-/m0/s1. The van der Waals surface area contributed by atoms with Crippen molar-refractivity contribution in [2.24, 2.45) is 0 Å². The molecule has 3 amide bonds. The molecule has 10 nitrogen and oxygen atoms in total. The minimum atomic E-state index is -1.18. The minimum absolute atomic E-state index is 0.0475. The lowest BCUT2D eigenvalue weighted by atomic mass is 10.0. The fraction of sp³-hybridized carbons (Fsp3) is 0.350. The summed E-state index contributed by atoms with van der Waals surface area (Å²) in [7, 11) is 0. The lowest BCUT2D eigenvalue weighted by molar-refractivity contribution is -0.148. The number of carboxylic acids is 1. The topological polar surface area (TPSA) is 138 Å². The monoisotopic (exact) mass is 509 g/mol. The summed E-state index contributed by atoms with van der Waals surface area (Å²) in [6.07, 6.45) is 0.611. The third-order valence-electron chi connectivity index (χ3n) is 5.03. The fourth-order valence-corrected chi connectivity index (χ4v) is 5.86. The van der Waals surface area contributed by atoms with E-state index >= 15 is 0 Å². The van der Waals surface area contributed by atoms with Crippen LogP contribution in [-0.4, -0.2) is 67.6 Å². The highest BCUT2D eigenvalue weighted by atomic mass is 35.5. The van der Waals surface area contributed by atoms with E-state index in [0.717, 1.165) is 5.56 Å². The van der Waals surface area contributed by atoms with Crippen LogP contribution >= 0.6 is 35.1 Å². The highest BCUT2D eigenvalue weighted by molar-refractivity contribution is 8.01. The molecule has 0 spiro atoms. The van der Waals surface area contributed by atoms with Crippen LogP contribution in [0.2, 0.25) is 5.02 Å². The molecule has 0 aliphatic carbocycles. The van der Waals surface area contributed by atoms with E-state index in [4.69, 9.17) is 16.0 Å². The molecular weight excluding hydrogens is 490 g/mol. The molecule has 2 aliphatic rings. The third-order valence-corrected chi connectivity index (χ3v) is 7.52. The van der Waals surface area contributed by atoms with Gasteiger partial charge in [0.1, 0.15) is 17.1 Å². The number of halogens is 1. The minimum Gasteiger partial charge on any atom is -0.477 e. The van der Waals surface area contributed by atoms with Crippen molar-refractivity contribution in [2.45, 2.75) is 30.0 Å². The van der Waals surface area contributed by atoms with E-state index in [1.165, 1.54) is 28.4 Å². The molecule has 1 unspecified atom stereocenters. The number of carbonyl (C=O) groups is 3. The Morgan fingerprint density at radius 1 is 1.33 bits per heavy atom. The Kier molecular flexibility index (Phi) is 7.15. The number of amides is 3. The maximum atomic E-state index is 12.7. The number of nitrogens with zero attached hydrogens (tertiary/aromatic N) is 3. The molecule has 0 saturated carbocycles. The number of thioether (sulfide) groups is 2. The summed E-state index contributed by atoms with van der Waals surface area (Å²) in [5, 5.41) is 23.3. The zero-order valence-corrected chi connectivity index (χ0v) is 19.8. The Morgan fingerprint density at radius 2 is 2.09 bits per heavy atom. The number of aryl methyl sites for hydroxylation is 1. The zero-order valence-electron chi connectivity index (χ0n) is 17.4. The van der Waals surface area contributed by atoms with Crippen molar-refractivity contribution in [2.75, 3.05) is 18.1 Å². The zero-order chi connectivity index (χ0) is 23.5. The summed E-state index contributed by atoms with van der Waals surface area (Å²) in [4.78, 5) is 38.1. The summed E-state index contributed by atoms with van der Waals surface area (Å²) >= 11 is 8.49. The number of hydrogen-bond donors (Lipinski definition) is 3. The van der Waals surface area contributed by atoms with Gasteiger partial charge in [0.25, 0.3) is 11.1 Å². The van der Waals surface area contributed by atoms with Crippen LogP contribution in [0, 0.1) is 6.92 Å². The molecule has 33 heavy (non-hydrogen) atoms. The van der Waals surface area contributed by atoms with Crippen LogP contribution in [0.5, 0.6) is 0 Å². The van der Waals surface area contributed by atoms with E-state index in [-0.39, 0.29) is 5.70 Å². The number of β-lactam (4-membered cyclic amide) rings is 1. The van der Waals surface area contributed by atoms with E-state index in [9.17, 15) is 19.5 Å². The number of nitrogens with one attached hydrogen (secondary N) is 2. The molecule has 0 radical (unpaired) electrons. The second-order valence-corrected chi connectivity index (χ2v) is 9.77. The van der Waals surface area contributed by atoms with Gasteiger partial charge in [-0.3, -0.25) is 9.69 Å². The maximum Gasteiger partial charge on any atom is 0.352 e. The van der Waals surface area contributed by atoms with Crippen LogP contribution in [-0.2, 0) is 16.0 Å². The van der Waals surface area contributed by atoms with Gasteiger partial charge >= 0.3 is 12.0 Å². The van der Waals surface area contributed by atoms with E-state index in [1.54, 1.807) is 19.1 Å². The van der Waals surface area contributed by atoms with Crippen LogP contribution in [0.3, 0.4) is 0 Å².